The van der Waals surface area contributed by atoms with Crippen LogP contribution in [-0.2, 0) is 4.79 Å². The fraction of sp³-hybridized carbons (Fsp3) is 0.150. The highest BCUT2D eigenvalue weighted by molar-refractivity contribution is 8.27. The van der Waals surface area contributed by atoms with E-state index in [1.165, 1.54) is 23.6 Å². The predicted molar refractivity (Wildman–Crippen MR) is 110 cm³/mol. The number of hydrogen-bond acceptors (Lipinski definition) is 5. The van der Waals surface area contributed by atoms with Crippen molar-refractivity contribution in [2.75, 3.05) is 12.0 Å². The van der Waals surface area contributed by atoms with Crippen molar-refractivity contribution in [3.05, 3.63) is 64.6 Å². The average Bonchev–Trinajstić information content (AvgIpc) is 2.95. The number of carbonyl (C=O) groups excluding carboxylic acids is 2. The van der Waals surface area contributed by atoms with E-state index in [2.05, 4.69) is 0 Å². The maximum Gasteiger partial charge on any atom is 0.271 e. The second-order valence-corrected chi connectivity index (χ2v) is 7.44. The number of hydrogen-bond donors (Lipinski definition) is 0. The highest BCUT2D eigenvalue weighted by Crippen LogP contribution is 2.39. The van der Waals surface area contributed by atoms with Gasteiger partial charge in [-0.3, -0.25) is 14.5 Å². The number of amides is 1. The quantitative estimate of drug-likeness (QED) is 0.435. The van der Waals surface area contributed by atoms with Gasteiger partial charge in [-0.1, -0.05) is 36.1 Å². The Hall–Kier alpha value is -2.44. The van der Waals surface area contributed by atoms with Crippen molar-refractivity contribution in [1.82, 2.24) is 0 Å². The van der Waals surface area contributed by atoms with Gasteiger partial charge in [0, 0.05) is 5.56 Å². The normalized spacial score (nSPS) is 16.0. The molecule has 0 spiro atoms. The summed E-state index contributed by atoms with van der Waals surface area (Å²) in [5.41, 5.74) is 3.07. The Bertz CT molecular complexity index is 915. The lowest BCUT2D eigenvalue weighted by atomic mass is 10.1. The van der Waals surface area contributed by atoms with Gasteiger partial charge < -0.3 is 4.74 Å². The van der Waals surface area contributed by atoms with Gasteiger partial charge in [-0.2, -0.15) is 0 Å². The molecule has 1 fully saturated rings. The van der Waals surface area contributed by atoms with Gasteiger partial charge in [0.05, 0.1) is 17.7 Å². The number of benzene rings is 2. The van der Waals surface area contributed by atoms with Crippen LogP contribution in [0.5, 0.6) is 5.75 Å². The van der Waals surface area contributed by atoms with Crippen molar-refractivity contribution in [3.8, 4) is 5.75 Å². The Morgan fingerprint density at radius 3 is 2.12 bits per heavy atom. The van der Waals surface area contributed by atoms with E-state index in [9.17, 15) is 9.59 Å². The number of methoxy groups -OCH3 is 1. The first-order chi connectivity index (χ1) is 12.4. The molecule has 1 heterocycles. The first-order valence-corrected chi connectivity index (χ1v) is 9.17. The summed E-state index contributed by atoms with van der Waals surface area (Å²) in [6.45, 7) is 3.42. The second-order valence-electron chi connectivity index (χ2n) is 5.79. The first-order valence-electron chi connectivity index (χ1n) is 7.95. The van der Waals surface area contributed by atoms with E-state index in [0.29, 0.717) is 20.5 Å². The van der Waals surface area contributed by atoms with Gasteiger partial charge in [0.25, 0.3) is 5.91 Å². The lowest BCUT2D eigenvalue weighted by Gasteiger charge is -2.15. The highest BCUT2D eigenvalue weighted by atomic mass is 32.2. The number of ether oxygens (including phenoxy) is 1. The summed E-state index contributed by atoms with van der Waals surface area (Å²) in [6, 6.07) is 14.5. The maximum absolute atomic E-state index is 12.9. The van der Waals surface area contributed by atoms with Crippen LogP contribution in [0.1, 0.15) is 29.8 Å². The Labute approximate surface area is 161 Å². The first kappa shape index (κ1) is 18.4. The molecule has 0 N–H and O–H groups in total. The molecular weight excluding hydrogens is 366 g/mol. The molecule has 0 radical (unpaired) electrons. The van der Waals surface area contributed by atoms with Gasteiger partial charge >= 0.3 is 0 Å². The van der Waals surface area contributed by atoms with Crippen molar-refractivity contribution in [1.29, 1.82) is 0 Å². The fourth-order valence-electron chi connectivity index (χ4n) is 2.64. The summed E-state index contributed by atoms with van der Waals surface area (Å²) in [6.07, 6.45) is 0. The zero-order valence-corrected chi connectivity index (χ0v) is 16.2. The van der Waals surface area contributed by atoms with E-state index in [1.54, 1.807) is 31.4 Å². The number of thiocarbonyl (C=S) groups is 1. The summed E-state index contributed by atoms with van der Waals surface area (Å²) in [4.78, 5) is 26.5. The van der Waals surface area contributed by atoms with Crippen molar-refractivity contribution >= 4 is 51.3 Å². The molecule has 0 atom stereocenters. The van der Waals surface area contributed by atoms with E-state index in [1.807, 2.05) is 31.2 Å². The maximum atomic E-state index is 12.9. The minimum absolute atomic E-state index is 0.0165. The van der Waals surface area contributed by atoms with Crippen LogP contribution in [0, 0.1) is 0 Å². The standard InChI is InChI=1S/C20H17NO3S2/c1-12(14-6-10-17(24-3)11-7-14)18-19(23)21(20(25)26-18)16-8-4-15(5-9-16)13(2)22/h4-11H,1-3H3/b18-12-. The highest BCUT2D eigenvalue weighted by Gasteiger charge is 2.34. The molecule has 0 saturated carbocycles. The van der Waals surface area contributed by atoms with Crippen LogP contribution in [0.25, 0.3) is 5.57 Å². The molecule has 1 aliphatic heterocycles. The zero-order chi connectivity index (χ0) is 18.8. The summed E-state index contributed by atoms with van der Waals surface area (Å²) in [7, 11) is 1.62. The van der Waals surface area contributed by atoms with Gasteiger partial charge in [-0.05, 0) is 61.4 Å². The van der Waals surface area contributed by atoms with Crippen LogP contribution in [-0.4, -0.2) is 23.1 Å². The zero-order valence-electron chi connectivity index (χ0n) is 14.6. The number of allylic oxidation sites excluding steroid dienone is 1. The van der Waals surface area contributed by atoms with Gasteiger partial charge in [0.2, 0.25) is 0 Å². The van der Waals surface area contributed by atoms with E-state index >= 15 is 0 Å². The van der Waals surface area contributed by atoms with Crippen molar-refractivity contribution in [2.24, 2.45) is 0 Å². The average molecular weight is 383 g/mol. The molecule has 26 heavy (non-hydrogen) atoms. The molecule has 1 saturated heterocycles. The Morgan fingerprint density at radius 2 is 1.58 bits per heavy atom. The molecule has 4 nitrogen and oxygen atoms in total. The topological polar surface area (TPSA) is 46.6 Å². The lowest BCUT2D eigenvalue weighted by molar-refractivity contribution is -0.113. The monoisotopic (exact) mass is 383 g/mol. The molecule has 1 amide bonds. The molecule has 0 bridgehead atoms. The van der Waals surface area contributed by atoms with Crippen molar-refractivity contribution in [2.45, 2.75) is 13.8 Å². The van der Waals surface area contributed by atoms with Crippen LogP contribution in [0.2, 0.25) is 0 Å². The van der Waals surface area contributed by atoms with Crippen molar-refractivity contribution in [3.63, 3.8) is 0 Å². The van der Waals surface area contributed by atoms with Gasteiger partial charge in [-0.15, -0.1) is 0 Å². The number of rotatable bonds is 4. The summed E-state index contributed by atoms with van der Waals surface area (Å²) in [5, 5.41) is 0. The molecule has 0 unspecified atom stereocenters. The molecule has 2 aromatic carbocycles. The van der Waals surface area contributed by atoms with Gasteiger partial charge in [-0.25, -0.2) is 0 Å². The second kappa shape index (κ2) is 7.43. The third-order valence-corrected chi connectivity index (χ3v) is 5.64. The number of nitrogens with zero attached hydrogens (tertiary/aromatic N) is 1. The SMILES string of the molecule is COc1ccc(/C(C)=C2\SC(=S)N(c3ccc(C(C)=O)cc3)C2=O)cc1. The molecule has 0 aliphatic carbocycles. The molecular formula is C20H17NO3S2. The third-order valence-electron chi connectivity index (χ3n) is 4.16. The molecule has 0 aromatic heterocycles. The molecule has 2 aromatic rings. The predicted octanol–water partition coefficient (Wildman–Crippen LogP) is 4.69. The largest absolute Gasteiger partial charge is 0.497 e. The van der Waals surface area contributed by atoms with E-state index in [4.69, 9.17) is 17.0 Å². The van der Waals surface area contributed by atoms with Crippen LogP contribution >= 0.6 is 24.0 Å². The smallest absolute Gasteiger partial charge is 0.271 e. The van der Waals surface area contributed by atoms with E-state index in [0.717, 1.165) is 16.9 Å². The molecule has 1 aliphatic rings. The van der Waals surface area contributed by atoms with Crippen LogP contribution in [0.4, 0.5) is 5.69 Å². The Balaban J connectivity index is 1.93. The van der Waals surface area contributed by atoms with Gasteiger partial charge in [0.1, 0.15) is 5.75 Å². The fourth-order valence-corrected chi connectivity index (χ4v) is 3.98. The third kappa shape index (κ3) is 3.43. The number of carbonyl (C=O) groups is 2. The minimum atomic E-state index is -0.149. The van der Waals surface area contributed by atoms with E-state index < -0.39 is 0 Å². The Kier molecular flexibility index (Phi) is 5.25. The summed E-state index contributed by atoms with van der Waals surface area (Å²) in [5.74, 6) is 0.598. The summed E-state index contributed by atoms with van der Waals surface area (Å²) < 4.78 is 5.65. The molecule has 3 rings (SSSR count). The number of thioether (sulfide) groups is 1. The van der Waals surface area contributed by atoms with Crippen LogP contribution in [0.3, 0.4) is 0 Å². The van der Waals surface area contributed by atoms with Crippen LogP contribution < -0.4 is 9.64 Å². The number of ketones is 1. The lowest BCUT2D eigenvalue weighted by Crippen LogP contribution is -2.27. The molecule has 6 heteroatoms. The summed E-state index contributed by atoms with van der Waals surface area (Å²) >= 11 is 6.71. The van der Waals surface area contributed by atoms with E-state index in [-0.39, 0.29) is 11.7 Å². The van der Waals surface area contributed by atoms with Crippen molar-refractivity contribution < 1.29 is 14.3 Å². The van der Waals surface area contributed by atoms with Gasteiger partial charge in [0.15, 0.2) is 10.1 Å². The Morgan fingerprint density at radius 1 is 1.00 bits per heavy atom. The van der Waals surface area contributed by atoms with Crippen LogP contribution in [0.15, 0.2) is 53.4 Å². The molecule has 132 valence electrons. The minimum Gasteiger partial charge on any atom is -0.497 e. The number of anilines is 1. The number of Topliss-reactive ketones (excluding diaryl/α,β-unsaturated/α-hetero) is 1.